The molecular weight excluding hydrogens is 376 g/mol. The van der Waals surface area contributed by atoms with E-state index < -0.39 is 0 Å². The van der Waals surface area contributed by atoms with E-state index in [2.05, 4.69) is 4.98 Å². The molecule has 0 radical (unpaired) electrons. The summed E-state index contributed by atoms with van der Waals surface area (Å²) in [7, 11) is 3.23. The number of anilines is 1. The highest BCUT2D eigenvalue weighted by Gasteiger charge is 2.20. The molecule has 0 saturated carbocycles. The predicted octanol–water partition coefficient (Wildman–Crippen LogP) is 4.26. The van der Waals surface area contributed by atoms with Gasteiger partial charge in [0.2, 0.25) is 0 Å². The summed E-state index contributed by atoms with van der Waals surface area (Å²) in [6.07, 6.45) is 0. The first-order valence-corrected chi connectivity index (χ1v) is 9.70. The molecule has 0 saturated heterocycles. The zero-order valence-electron chi connectivity index (χ0n) is 16.0. The van der Waals surface area contributed by atoms with Crippen molar-refractivity contribution in [2.45, 2.75) is 6.92 Å². The molecule has 0 aliphatic heterocycles. The molecule has 0 atom stereocenters. The molecule has 2 aromatic carbocycles. The molecule has 1 heterocycles. The first-order chi connectivity index (χ1) is 13.7. The second-order valence-electron chi connectivity index (χ2n) is 5.82. The maximum atomic E-state index is 12.6. The van der Waals surface area contributed by atoms with Crippen LogP contribution in [0.2, 0.25) is 0 Å². The smallest absolute Gasteiger partial charge is 0.266 e. The lowest BCUT2D eigenvalue weighted by molar-refractivity contribution is -0.120. The van der Waals surface area contributed by atoms with Crippen LogP contribution in [0.3, 0.4) is 0 Å². The number of carbonyl (C=O) groups is 1. The third kappa shape index (κ3) is 4.43. The summed E-state index contributed by atoms with van der Waals surface area (Å²) in [6, 6.07) is 14.8. The second-order valence-corrected chi connectivity index (χ2v) is 6.66. The number of ether oxygens (including phenoxy) is 3. The summed E-state index contributed by atoms with van der Waals surface area (Å²) in [4.78, 5) is 18.9. The van der Waals surface area contributed by atoms with Crippen molar-refractivity contribution in [3.8, 4) is 28.5 Å². The molecule has 0 aliphatic carbocycles. The minimum absolute atomic E-state index is 0.0464. The first kappa shape index (κ1) is 19.7. The van der Waals surface area contributed by atoms with E-state index in [1.165, 1.54) is 11.3 Å². The van der Waals surface area contributed by atoms with Gasteiger partial charge in [-0.3, -0.25) is 9.69 Å². The van der Waals surface area contributed by atoms with Crippen LogP contribution in [0.5, 0.6) is 17.2 Å². The standard InChI is InChI=1S/C21H22N2O4S/c1-4-23(20(24)13-27-15-8-6-5-7-9-15)21-22-18(14-28-21)17-12-16(25-2)10-11-19(17)26-3/h5-12,14H,4,13H2,1-3H3. The molecule has 3 aromatic rings. The van der Waals surface area contributed by atoms with E-state index in [1.54, 1.807) is 19.1 Å². The van der Waals surface area contributed by atoms with Gasteiger partial charge >= 0.3 is 0 Å². The number of rotatable bonds is 8. The van der Waals surface area contributed by atoms with Crippen LogP contribution in [0.1, 0.15) is 6.92 Å². The van der Waals surface area contributed by atoms with Gasteiger partial charge < -0.3 is 14.2 Å². The maximum Gasteiger partial charge on any atom is 0.266 e. The minimum Gasteiger partial charge on any atom is -0.497 e. The lowest BCUT2D eigenvalue weighted by Crippen LogP contribution is -2.34. The van der Waals surface area contributed by atoms with Crippen LogP contribution < -0.4 is 19.1 Å². The Bertz CT molecular complexity index is 927. The van der Waals surface area contributed by atoms with Crippen LogP contribution in [-0.4, -0.2) is 38.3 Å². The molecule has 0 N–H and O–H groups in total. The molecule has 3 rings (SSSR count). The van der Waals surface area contributed by atoms with Gasteiger partial charge in [0.05, 0.1) is 19.9 Å². The summed E-state index contributed by atoms with van der Waals surface area (Å²) in [5.74, 6) is 1.92. The fourth-order valence-corrected chi connectivity index (χ4v) is 3.59. The molecule has 1 aromatic heterocycles. The average molecular weight is 398 g/mol. The van der Waals surface area contributed by atoms with Gasteiger partial charge in [0.1, 0.15) is 17.2 Å². The number of hydrogen-bond donors (Lipinski definition) is 0. The summed E-state index contributed by atoms with van der Waals surface area (Å²) in [6.45, 7) is 2.36. The molecule has 7 heteroatoms. The van der Waals surface area contributed by atoms with E-state index in [0.29, 0.717) is 28.9 Å². The van der Waals surface area contributed by atoms with Gasteiger partial charge in [-0.05, 0) is 37.3 Å². The Balaban J connectivity index is 1.78. The van der Waals surface area contributed by atoms with Crippen LogP contribution in [0.4, 0.5) is 5.13 Å². The molecule has 0 aliphatic rings. The van der Waals surface area contributed by atoms with Crippen LogP contribution in [0.15, 0.2) is 53.9 Å². The van der Waals surface area contributed by atoms with E-state index in [-0.39, 0.29) is 12.5 Å². The molecule has 0 spiro atoms. The van der Waals surface area contributed by atoms with Gasteiger partial charge in [-0.15, -0.1) is 11.3 Å². The largest absolute Gasteiger partial charge is 0.497 e. The molecule has 0 fully saturated rings. The van der Waals surface area contributed by atoms with Crippen molar-refractivity contribution in [3.05, 3.63) is 53.9 Å². The number of amides is 1. The monoisotopic (exact) mass is 398 g/mol. The van der Waals surface area contributed by atoms with Crippen molar-refractivity contribution in [3.63, 3.8) is 0 Å². The number of thiazole rings is 1. The fraction of sp³-hybridized carbons (Fsp3) is 0.238. The highest BCUT2D eigenvalue weighted by Crippen LogP contribution is 2.35. The summed E-state index contributed by atoms with van der Waals surface area (Å²) < 4.78 is 16.3. The van der Waals surface area contributed by atoms with Crippen LogP contribution >= 0.6 is 11.3 Å². The van der Waals surface area contributed by atoms with E-state index in [0.717, 1.165) is 11.3 Å². The molecule has 0 bridgehead atoms. The molecule has 28 heavy (non-hydrogen) atoms. The molecule has 0 unspecified atom stereocenters. The Morgan fingerprint density at radius 2 is 1.86 bits per heavy atom. The zero-order valence-corrected chi connectivity index (χ0v) is 16.9. The number of aromatic nitrogens is 1. The van der Waals surface area contributed by atoms with Gasteiger partial charge in [0.15, 0.2) is 11.7 Å². The average Bonchev–Trinajstić information content (AvgIpc) is 3.22. The number of methoxy groups -OCH3 is 2. The summed E-state index contributed by atoms with van der Waals surface area (Å²) >= 11 is 1.40. The van der Waals surface area contributed by atoms with Crippen molar-refractivity contribution >= 4 is 22.4 Å². The maximum absolute atomic E-state index is 12.6. The number of benzene rings is 2. The Kier molecular flexibility index (Phi) is 6.49. The number of hydrogen-bond acceptors (Lipinski definition) is 6. The van der Waals surface area contributed by atoms with Crippen LogP contribution in [-0.2, 0) is 4.79 Å². The van der Waals surface area contributed by atoms with E-state index >= 15 is 0 Å². The van der Waals surface area contributed by atoms with Crippen LogP contribution in [0, 0.1) is 0 Å². The SMILES string of the molecule is CCN(C(=O)COc1ccccc1)c1nc(-c2cc(OC)ccc2OC)cs1. The van der Waals surface area contributed by atoms with E-state index in [4.69, 9.17) is 14.2 Å². The zero-order chi connectivity index (χ0) is 19.9. The Morgan fingerprint density at radius 3 is 2.54 bits per heavy atom. The van der Waals surface area contributed by atoms with Gasteiger partial charge in [-0.1, -0.05) is 18.2 Å². The second kappa shape index (κ2) is 9.23. The van der Waals surface area contributed by atoms with E-state index in [1.807, 2.05) is 60.8 Å². The van der Waals surface area contributed by atoms with E-state index in [9.17, 15) is 4.79 Å². The van der Waals surface area contributed by atoms with Crippen molar-refractivity contribution < 1.29 is 19.0 Å². The quantitative estimate of drug-likeness (QED) is 0.567. The highest BCUT2D eigenvalue weighted by molar-refractivity contribution is 7.14. The van der Waals surface area contributed by atoms with Gasteiger partial charge in [0, 0.05) is 17.5 Å². The van der Waals surface area contributed by atoms with Gasteiger partial charge in [0.25, 0.3) is 5.91 Å². The summed E-state index contributed by atoms with van der Waals surface area (Å²) in [5, 5.41) is 2.52. The number of para-hydroxylation sites is 1. The Morgan fingerprint density at radius 1 is 1.07 bits per heavy atom. The Hall–Kier alpha value is -3.06. The van der Waals surface area contributed by atoms with Gasteiger partial charge in [-0.25, -0.2) is 4.98 Å². The van der Waals surface area contributed by atoms with Crippen molar-refractivity contribution in [1.29, 1.82) is 0 Å². The minimum atomic E-state index is -0.148. The molecule has 6 nitrogen and oxygen atoms in total. The highest BCUT2D eigenvalue weighted by atomic mass is 32.1. The molecule has 1 amide bonds. The van der Waals surface area contributed by atoms with Crippen LogP contribution in [0.25, 0.3) is 11.3 Å². The topological polar surface area (TPSA) is 60.9 Å². The van der Waals surface area contributed by atoms with Crippen molar-refractivity contribution in [2.24, 2.45) is 0 Å². The molecule has 146 valence electrons. The Labute approximate surface area is 168 Å². The fourth-order valence-electron chi connectivity index (χ4n) is 2.68. The summed E-state index contributed by atoms with van der Waals surface area (Å²) in [5.41, 5.74) is 1.54. The number of carbonyl (C=O) groups excluding carboxylic acids is 1. The number of likely N-dealkylation sites (N-methyl/N-ethyl adjacent to an activating group) is 1. The normalized spacial score (nSPS) is 10.4. The van der Waals surface area contributed by atoms with Crippen molar-refractivity contribution in [1.82, 2.24) is 4.98 Å². The first-order valence-electron chi connectivity index (χ1n) is 8.82. The predicted molar refractivity (Wildman–Crippen MR) is 111 cm³/mol. The third-order valence-electron chi connectivity index (χ3n) is 4.13. The third-order valence-corrected chi connectivity index (χ3v) is 4.99. The van der Waals surface area contributed by atoms with Gasteiger partial charge in [-0.2, -0.15) is 0 Å². The number of nitrogens with zero attached hydrogens (tertiary/aromatic N) is 2. The molecular formula is C21H22N2O4S. The van der Waals surface area contributed by atoms with Crippen molar-refractivity contribution in [2.75, 3.05) is 32.3 Å². The lowest BCUT2D eigenvalue weighted by Gasteiger charge is -2.18. The lowest BCUT2D eigenvalue weighted by atomic mass is 10.1.